The fourth-order valence-corrected chi connectivity index (χ4v) is 1.66. The molecule has 8 nitrogen and oxygen atoms in total. The summed E-state index contributed by atoms with van der Waals surface area (Å²) in [6.07, 6.45) is 5.88. The maximum atomic E-state index is 5.65. The minimum atomic E-state index is -0.146. The SMILES string of the molecule is CCCNc1nc(OC(C)COC)nc(-n2ccnc2)n1. The molecule has 0 saturated heterocycles. The van der Waals surface area contributed by atoms with Crippen molar-refractivity contribution >= 4 is 5.95 Å². The van der Waals surface area contributed by atoms with Crippen LogP contribution in [0.4, 0.5) is 5.95 Å². The molecule has 0 fully saturated rings. The van der Waals surface area contributed by atoms with Crippen molar-refractivity contribution < 1.29 is 9.47 Å². The Balaban J connectivity index is 2.24. The van der Waals surface area contributed by atoms with Crippen LogP contribution in [-0.4, -0.2) is 50.9 Å². The molecule has 2 rings (SSSR count). The largest absolute Gasteiger partial charge is 0.458 e. The van der Waals surface area contributed by atoms with Crippen molar-refractivity contribution in [1.82, 2.24) is 24.5 Å². The van der Waals surface area contributed by atoms with E-state index in [1.807, 2.05) is 6.92 Å². The van der Waals surface area contributed by atoms with Gasteiger partial charge in [-0.05, 0) is 13.3 Å². The number of ether oxygens (including phenoxy) is 2. The molecule has 1 atom stereocenters. The predicted octanol–water partition coefficient (Wildman–Crippen LogP) is 1.29. The van der Waals surface area contributed by atoms with E-state index in [2.05, 4.69) is 32.2 Å². The number of hydrogen-bond acceptors (Lipinski definition) is 7. The van der Waals surface area contributed by atoms with E-state index in [1.165, 1.54) is 0 Å². The first-order valence-electron chi connectivity index (χ1n) is 6.86. The lowest BCUT2D eigenvalue weighted by Crippen LogP contribution is -2.20. The van der Waals surface area contributed by atoms with Gasteiger partial charge < -0.3 is 14.8 Å². The molecule has 0 radical (unpaired) electrons. The van der Waals surface area contributed by atoms with Crippen molar-refractivity contribution in [3.63, 3.8) is 0 Å². The van der Waals surface area contributed by atoms with Crippen molar-refractivity contribution in [3.05, 3.63) is 18.7 Å². The molecule has 2 aromatic heterocycles. The van der Waals surface area contributed by atoms with Crippen molar-refractivity contribution in [2.45, 2.75) is 26.4 Å². The van der Waals surface area contributed by atoms with Gasteiger partial charge in [-0.2, -0.15) is 15.0 Å². The summed E-state index contributed by atoms with van der Waals surface area (Å²) in [5.41, 5.74) is 0. The van der Waals surface area contributed by atoms with Gasteiger partial charge in [0.05, 0.1) is 6.61 Å². The van der Waals surface area contributed by atoms with Crippen molar-refractivity contribution in [1.29, 1.82) is 0 Å². The number of anilines is 1. The average molecular weight is 292 g/mol. The van der Waals surface area contributed by atoms with Crippen LogP contribution >= 0.6 is 0 Å². The second-order valence-corrected chi connectivity index (χ2v) is 4.52. The van der Waals surface area contributed by atoms with Gasteiger partial charge in [0, 0.05) is 26.0 Å². The standard InChI is InChI=1S/C13H20N6O2/c1-4-5-15-11-16-12(19-7-6-14-9-19)18-13(17-11)21-10(2)8-20-3/h6-7,9-10H,4-5,8H2,1-3H3,(H,15,16,17,18). The Morgan fingerprint density at radius 2 is 2.19 bits per heavy atom. The van der Waals surface area contributed by atoms with Crippen molar-refractivity contribution in [3.8, 4) is 12.0 Å². The molecule has 2 aromatic rings. The Labute approximate surface area is 123 Å². The van der Waals surface area contributed by atoms with Crippen LogP contribution in [0.5, 0.6) is 6.01 Å². The third-order valence-corrected chi connectivity index (χ3v) is 2.58. The lowest BCUT2D eigenvalue weighted by atomic mass is 10.4. The van der Waals surface area contributed by atoms with E-state index >= 15 is 0 Å². The molecule has 114 valence electrons. The second-order valence-electron chi connectivity index (χ2n) is 4.52. The second kappa shape index (κ2) is 7.53. The molecule has 2 heterocycles. The molecule has 21 heavy (non-hydrogen) atoms. The normalized spacial score (nSPS) is 12.1. The lowest BCUT2D eigenvalue weighted by Gasteiger charge is -2.13. The molecule has 0 bridgehead atoms. The Kier molecular flexibility index (Phi) is 5.44. The highest BCUT2D eigenvalue weighted by molar-refractivity contribution is 5.30. The summed E-state index contributed by atoms with van der Waals surface area (Å²) in [6, 6.07) is 0.261. The van der Waals surface area contributed by atoms with Crippen LogP contribution in [-0.2, 0) is 4.74 Å². The quantitative estimate of drug-likeness (QED) is 0.784. The van der Waals surface area contributed by atoms with Crippen molar-refractivity contribution in [2.75, 3.05) is 25.6 Å². The first-order valence-corrected chi connectivity index (χ1v) is 6.86. The van der Waals surface area contributed by atoms with E-state index < -0.39 is 0 Å². The van der Waals surface area contributed by atoms with E-state index in [-0.39, 0.29) is 12.1 Å². The lowest BCUT2D eigenvalue weighted by molar-refractivity contribution is 0.0854. The van der Waals surface area contributed by atoms with Gasteiger partial charge >= 0.3 is 6.01 Å². The maximum absolute atomic E-state index is 5.65. The molecule has 0 spiro atoms. The van der Waals surface area contributed by atoms with Crippen LogP contribution in [0.1, 0.15) is 20.3 Å². The minimum absolute atomic E-state index is 0.146. The summed E-state index contributed by atoms with van der Waals surface area (Å²) < 4.78 is 12.4. The third-order valence-electron chi connectivity index (χ3n) is 2.58. The monoisotopic (exact) mass is 292 g/mol. The van der Waals surface area contributed by atoms with E-state index in [0.29, 0.717) is 18.5 Å². The maximum Gasteiger partial charge on any atom is 0.323 e. The Morgan fingerprint density at radius 3 is 2.86 bits per heavy atom. The summed E-state index contributed by atoms with van der Waals surface area (Å²) in [7, 11) is 1.62. The van der Waals surface area contributed by atoms with Crippen molar-refractivity contribution in [2.24, 2.45) is 0 Å². The summed E-state index contributed by atoms with van der Waals surface area (Å²) in [4.78, 5) is 16.9. The van der Waals surface area contributed by atoms with Crippen LogP contribution in [0, 0.1) is 0 Å². The highest BCUT2D eigenvalue weighted by atomic mass is 16.5. The highest BCUT2D eigenvalue weighted by Gasteiger charge is 2.11. The summed E-state index contributed by atoms with van der Waals surface area (Å²) in [5, 5.41) is 3.14. The van der Waals surface area contributed by atoms with Gasteiger partial charge in [0.1, 0.15) is 12.4 Å². The summed E-state index contributed by atoms with van der Waals surface area (Å²) in [5.74, 6) is 0.941. The smallest absolute Gasteiger partial charge is 0.323 e. The number of methoxy groups -OCH3 is 1. The Bertz CT molecular complexity index is 546. The van der Waals surface area contributed by atoms with Gasteiger partial charge in [-0.3, -0.25) is 4.57 Å². The van der Waals surface area contributed by atoms with E-state index in [0.717, 1.165) is 13.0 Å². The summed E-state index contributed by atoms with van der Waals surface area (Å²) >= 11 is 0. The van der Waals surface area contributed by atoms with E-state index in [9.17, 15) is 0 Å². The molecule has 0 aliphatic carbocycles. The molecule has 1 unspecified atom stereocenters. The van der Waals surface area contributed by atoms with Gasteiger partial charge in [0.2, 0.25) is 11.9 Å². The molecule has 0 aromatic carbocycles. The molecular weight excluding hydrogens is 272 g/mol. The molecule has 8 heteroatoms. The number of aromatic nitrogens is 5. The van der Waals surface area contributed by atoms with E-state index in [4.69, 9.17) is 9.47 Å². The molecule has 1 N–H and O–H groups in total. The first kappa shape index (κ1) is 15.2. The van der Waals surface area contributed by atoms with E-state index in [1.54, 1.807) is 30.4 Å². The van der Waals surface area contributed by atoms with Gasteiger partial charge in [-0.1, -0.05) is 6.92 Å². The average Bonchev–Trinajstić information content (AvgIpc) is 2.99. The predicted molar refractivity (Wildman–Crippen MR) is 77.7 cm³/mol. The van der Waals surface area contributed by atoms with Crippen LogP contribution in [0.2, 0.25) is 0 Å². The fraction of sp³-hybridized carbons (Fsp3) is 0.538. The molecule has 0 saturated carbocycles. The fourth-order valence-electron chi connectivity index (χ4n) is 1.66. The molecular formula is C13H20N6O2. The van der Waals surface area contributed by atoms with Gasteiger partial charge in [-0.25, -0.2) is 4.98 Å². The van der Waals surface area contributed by atoms with Crippen LogP contribution in [0.25, 0.3) is 5.95 Å². The Morgan fingerprint density at radius 1 is 1.33 bits per heavy atom. The summed E-state index contributed by atoms with van der Waals surface area (Å²) in [6.45, 7) is 5.20. The zero-order valence-electron chi connectivity index (χ0n) is 12.5. The van der Waals surface area contributed by atoms with Crippen LogP contribution < -0.4 is 10.1 Å². The topological polar surface area (TPSA) is 87.0 Å². The van der Waals surface area contributed by atoms with Crippen LogP contribution in [0.15, 0.2) is 18.7 Å². The number of nitrogens with one attached hydrogen (secondary N) is 1. The van der Waals surface area contributed by atoms with Gasteiger partial charge in [-0.15, -0.1) is 0 Å². The molecule has 0 aliphatic rings. The van der Waals surface area contributed by atoms with Gasteiger partial charge in [0.25, 0.3) is 0 Å². The minimum Gasteiger partial charge on any atom is -0.458 e. The number of hydrogen-bond donors (Lipinski definition) is 1. The Hall–Kier alpha value is -2.22. The molecule has 0 aliphatic heterocycles. The first-order chi connectivity index (χ1) is 10.2. The number of rotatable bonds is 8. The molecule has 0 amide bonds. The van der Waals surface area contributed by atoms with Gasteiger partial charge in [0.15, 0.2) is 0 Å². The zero-order chi connectivity index (χ0) is 15.1. The number of imidazole rings is 1. The van der Waals surface area contributed by atoms with Crippen LogP contribution in [0.3, 0.4) is 0 Å². The highest BCUT2D eigenvalue weighted by Crippen LogP contribution is 2.12. The number of nitrogens with zero attached hydrogens (tertiary/aromatic N) is 5. The zero-order valence-corrected chi connectivity index (χ0v) is 12.5. The third kappa shape index (κ3) is 4.38.